The minimum atomic E-state index is -3.86. The van der Waals surface area contributed by atoms with Crippen molar-refractivity contribution >= 4 is 25.4 Å². The molecule has 2 fully saturated rings. The Kier molecular flexibility index (Phi) is 5.97. The van der Waals surface area contributed by atoms with Crippen molar-refractivity contribution in [3.63, 3.8) is 0 Å². The van der Waals surface area contributed by atoms with Crippen molar-refractivity contribution in [3.05, 3.63) is 54.3 Å². The number of para-hydroxylation sites is 1. The van der Waals surface area contributed by atoms with Crippen LogP contribution in [-0.4, -0.2) is 77.8 Å². The lowest BCUT2D eigenvalue weighted by Gasteiger charge is -2.40. The standard InChI is InChI=1S/C21H25FN2O5S2/c1-29-16-6-8-17(9-7-16)31(27,28)21-15-30(25,26)14-20(21)24-12-10-23(11-13-24)19-5-3-2-4-18(19)22/h2-9,20-21H,10-15H2,1H3/t20-,21-/m1/s1. The molecule has 2 aromatic rings. The van der Waals surface area contributed by atoms with Crippen LogP contribution < -0.4 is 9.64 Å². The second-order valence-electron chi connectivity index (χ2n) is 7.88. The molecule has 0 bridgehead atoms. The highest BCUT2D eigenvalue weighted by molar-refractivity contribution is 7.96. The maximum absolute atomic E-state index is 14.1. The van der Waals surface area contributed by atoms with Crippen molar-refractivity contribution in [2.24, 2.45) is 0 Å². The Hall–Kier alpha value is -2.17. The van der Waals surface area contributed by atoms with Crippen LogP contribution in [0.1, 0.15) is 0 Å². The van der Waals surface area contributed by atoms with Gasteiger partial charge in [-0.1, -0.05) is 12.1 Å². The van der Waals surface area contributed by atoms with E-state index in [2.05, 4.69) is 0 Å². The summed E-state index contributed by atoms with van der Waals surface area (Å²) in [7, 11) is -5.85. The zero-order valence-electron chi connectivity index (χ0n) is 17.1. The van der Waals surface area contributed by atoms with Crippen LogP contribution in [0.15, 0.2) is 53.4 Å². The van der Waals surface area contributed by atoms with Gasteiger partial charge in [-0.05, 0) is 36.4 Å². The van der Waals surface area contributed by atoms with Gasteiger partial charge in [0.05, 0.1) is 34.4 Å². The van der Waals surface area contributed by atoms with E-state index in [1.54, 1.807) is 30.3 Å². The van der Waals surface area contributed by atoms with Gasteiger partial charge in [0.2, 0.25) is 0 Å². The number of ether oxygens (including phenoxy) is 1. The van der Waals surface area contributed by atoms with Gasteiger partial charge in [-0.25, -0.2) is 21.2 Å². The third-order valence-electron chi connectivity index (χ3n) is 6.04. The predicted octanol–water partition coefficient (Wildman–Crippen LogP) is 1.60. The van der Waals surface area contributed by atoms with Gasteiger partial charge in [-0.3, -0.25) is 4.90 Å². The summed E-state index contributed by atoms with van der Waals surface area (Å²) in [5.41, 5.74) is 0.503. The molecule has 0 N–H and O–H groups in total. The molecule has 0 radical (unpaired) electrons. The van der Waals surface area contributed by atoms with Crippen molar-refractivity contribution in [1.82, 2.24) is 4.90 Å². The molecule has 0 aromatic heterocycles. The third kappa shape index (κ3) is 4.42. The molecular formula is C21H25FN2O5S2. The zero-order valence-corrected chi connectivity index (χ0v) is 18.8. The van der Waals surface area contributed by atoms with Crippen LogP contribution in [0.25, 0.3) is 0 Å². The molecule has 2 heterocycles. The third-order valence-corrected chi connectivity index (χ3v) is 10.2. The Morgan fingerprint density at radius 1 is 0.968 bits per heavy atom. The lowest BCUT2D eigenvalue weighted by Crippen LogP contribution is -2.55. The average molecular weight is 469 g/mol. The van der Waals surface area contributed by atoms with Crippen molar-refractivity contribution < 1.29 is 26.0 Å². The highest BCUT2D eigenvalue weighted by Gasteiger charge is 2.48. The SMILES string of the molecule is COc1ccc(S(=O)(=O)[C@@H]2CS(=O)(=O)C[C@H]2N2CCN(c3ccccc3F)CC2)cc1. The summed E-state index contributed by atoms with van der Waals surface area (Å²) >= 11 is 0. The molecule has 0 aliphatic carbocycles. The smallest absolute Gasteiger partial charge is 0.183 e. The second-order valence-corrected chi connectivity index (χ2v) is 12.2. The fourth-order valence-corrected chi connectivity index (χ4v) is 9.21. The number of benzene rings is 2. The number of anilines is 1. The quantitative estimate of drug-likeness (QED) is 0.659. The van der Waals surface area contributed by atoms with Gasteiger partial charge in [0.1, 0.15) is 11.6 Å². The van der Waals surface area contributed by atoms with Gasteiger partial charge < -0.3 is 9.64 Å². The minimum Gasteiger partial charge on any atom is -0.497 e. The van der Waals surface area contributed by atoms with E-state index < -0.39 is 31.0 Å². The maximum atomic E-state index is 14.1. The summed E-state index contributed by atoms with van der Waals surface area (Å²) in [6, 6.07) is 11.9. The summed E-state index contributed by atoms with van der Waals surface area (Å²) in [6.45, 7) is 1.91. The summed E-state index contributed by atoms with van der Waals surface area (Å²) in [5, 5.41) is -1.04. The Morgan fingerprint density at radius 2 is 1.61 bits per heavy atom. The molecule has 31 heavy (non-hydrogen) atoms. The van der Waals surface area contributed by atoms with E-state index in [0.717, 1.165) is 0 Å². The first-order valence-corrected chi connectivity index (χ1v) is 13.4. The fraction of sp³-hybridized carbons (Fsp3) is 0.429. The number of methoxy groups -OCH3 is 1. The Balaban J connectivity index is 1.55. The molecular weight excluding hydrogens is 443 g/mol. The van der Waals surface area contributed by atoms with E-state index in [1.165, 1.54) is 25.3 Å². The van der Waals surface area contributed by atoms with Crippen molar-refractivity contribution in [1.29, 1.82) is 0 Å². The van der Waals surface area contributed by atoms with E-state index in [-0.39, 0.29) is 22.2 Å². The highest BCUT2D eigenvalue weighted by atomic mass is 32.2. The first-order valence-electron chi connectivity index (χ1n) is 10.0. The van der Waals surface area contributed by atoms with Gasteiger partial charge in [0, 0.05) is 32.2 Å². The highest BCUT2D eigenvalue weighted by Crippen LogP contribution is 2.31. The minimum absolute atomic E-state index is 0.0883. The number of hydrogen-bond acceptors (Lipinski definition) is 7. The predicted molar refractivity (Wildman–Crippen MR) is 117 cm³/mol. The second kappa shape index (κ2) is 8.40. The van der Waals surface area contributed by atoms with Gasteiger partial charge in [-0.15, -0.1) is 0 Å². The summed E-state index contributed by atoms with van der Waals surface area (Å²) in [4.78, 5) is 3.92. The molecule has 0 amide bonds. The summed E-state index contributed by atoms with van der Waals surface area (Å²) in [5.74, 6) is -0.357. The Labute approximate surface area is 182 Å². The van der Waals surface area contributed by atoms with Gasteiger partial charge in [0.25, 0.3) is 0 Å². The normalized spacial score (nSPS) is 24.3. The van der Waals surface area contributed by atoms with Crippen molar-refractivity contribution in [2.45, 2.75) is 16.2 Å². The van der Waals surface area contributed by atoms with Crippen LogP contribution in [0.2, 0.25) is 0 Å². The lowest BCUT2D eigenvalue weighted by atomic mass is 10.1. The molecule has 2 aliphatic rings. The van der Waals surface area contributed by atoms with Crippen LogP contribution in [0.3, 0.4) is 0 Å². The largest absolute Gasteiger partial charge is 0.497 e. The van der Waals surface area contributed by atoms with E-state index >= 15 is 0 Å². The van der Waals surface area contributed by atoms with Gasteiger partial charge in [-0.2, -0.15) is 0 Å². The first kappa shape index (κ1) is 22.0. The van der Waals surface area contributed by atoms with Gasteiger partial charge >= 0.3 is 0 Å². The monoisotopic (exact) mass is 468 g/mol. The first-order chi connectivity index (χ1) is 14.7. The molecule has 2 atom stereocenters. The van der Waals surface area contributed by atoms with E-state index in [9.17, 15) is 21.2 Å². The number of nitrogens with zero attached hydrogens (tertiary/aromatic N) is 2. The Bertz CT molecular complexity index is 1140. The molecule has 2 saturated heterocycles. The van der Waals surface area contributed by atoms with Crippen LogP contribution in [-0.2, 0) is 19.7 Å². The Morgan fingerprint density at radius 3 is 2.23 bits per heavy atom. The van der Waals surface area contributed by atoms with E-state index in [0.29, 0.717) is 37.6 Å². The molecule has 0 unspecified atom stereocenters. The number of piperazine rings is 1. The molecule has 7 nitrogen and oxygen atoms in total. The number of sulfone groups is 2. The van der Waals surface area contributed by atoms with Crippen molar-refractivity contribution in [2.75, 3.05) is 49.7 Å². The van der Waals surface area contributed by atoms with E-state index in [4.69, 9.17) is 4.74 Å². The molecule has 2 aromatic carbocycles. The molecule has 10 heteroatoms. The topological polar surface area (TPSA) is 84.0 Å². The number of rotatable bonds is 5. The maximum Gasteiger partial charge on any atom is 0.183 e. The molecule has 0 saturated carbocycles. The molecule has 2 aliphatic heterocycles. The van der Waals surface area contributed by atoms with Crippen molar-refractivity contribution in [3.8, 4) is 5.75 Å². The number of halogens is 1. The van der Waals surface area contributed by atoms with E-state index in [1.807, 2.05) is 9.80 Å². The average Bonchev–Trinajstić information content (AvgIpc) is 3.10. The lowest BCUT2D eigenvalue weighted by molar-refractivity contribution is 0.201. The fourth-order valence-electron chi connectivity index (χ4n) is 4.38. The summed E-state index contributed by atoms with van der Waals surface area (Å²) < 4.78 is 70.7. The van der Waals surface area contributed by atoms with Crippen LogP contribution in [0.4, 0.5) is 10.1 Å². The molecule has 168 valence electrons. The van der Waals surface area contributed by atoms with Crippen LogP contribution in [0, 0.1) is 5.82 Å². The van der Waals surface area contributed by atoms with Crippen LogP contribution in [0.5, 0.6) is 5.75 Å². The zero-order chi connectivity index (χ0) is 22.2. The summed E-state index contributed by atoms with van der Waals surface area (Å²) in [6.07, 6.45) is 0. The van der Waals surface area contributed by atoms with Crippen LogP contribution >= 0.6 is 0 Å². The van der Waals surface area contributed by atoms with Gasteiger partial charge in [0.15, 0.2) is 19.7 Å². The molecule has 0 spiro atoms. The number of hydrogen-bond donors (Lipinski definition) is 0. The molecule has 4 rings (SSSR count).